The molecule has 32 heavy (non-hydrogen) atoms. The summed E-state index contributed by atoms with van der Waals surface area (Å²) in [6.07, 6.45) is 13.7. The maximum absolute atomic E-state index is 15.1. The zero-order valence-electron chi connectivity index (χ0n) is 20.3. The number of alkyl halides is 2. The van der Waals surface area contributed by atoms with Gasteiger partial charge in [0.1, 0.15) is 12.3 Å². The Morgan fingerprint density at radius 2 is 1.47 bits per heavy atom. The van der Waals surface area contributed by atoms with Gasteiger partial charge in [-0.3, -0.25) is 0 Å². The van der Waals surface area contributed by atoms with Crippen LogP contribution >= 0.6 is 0 Å². The Kier molecular flexibility index (Phi) is 8.67. The highest BCUT2D eigenvalue weighted by atomic mass is 19.2. The second kappa shape index (κ2) is 11.3. The van der Waals surface area contributed by atoms with Gasteiger partial charge in [0.25, 0.3) is 0 Å². The fourth-order valence-electron chi connectivity index (χ4n) is 7.62. The van der Waals surface area contributed by atoms with E-state index in [0.717, 1.165) is 89.9 Å². The highest BCUT2D eigenvalue weighted by molar-refractivity contribution is 5.06. The van der Waals surface area contributed by atoms with Crippen LogP contribution in [-0.2, 0) is 4.74 Å². The number of allylic oxidation sites excluding steroid dienone is 2. The van der Waals surface area contributed by atoms with Crippen molar-refractivity contribution in [3.63, 3.8) is 0 Å². The Morgan fingerprint density at radius 1 is 0.781 bits per heavy atom. The van der Waals surface area contributed by atoms with Gasteiger partial charge in [0.05, 0.1) is 11.9 Å². The fourth-order valence-corrected chi connectivity index (χ4v) is 7.62. The van der Waals surface area contributed by atoms with Gasteiger partial charge in [-0.15, -0.1) is 0 Å². The Balaban J connectivity index is 1.19. The lowest BCUT2D eigenvalue weighted by molar-refractivity contribution is -0.0272. The zero-order valence-corrected chi connectivity index (χ0v) is 20.3. The van der Waals surface area contributed by atoms with Crippen LogP contribution in [0.4, 0.5) is 13.2 Å². The summed E-state index contributed by atoms with van der Waals surface area (Å²) >= 11 is 0. The lowest BCUT2D eigenvalue weighted by Crippen LogP contribution is -2.42. The first-order valence-electron chi connectivity index (χ1n) is 13.6. The van der Waals surface area contributed by atoms with Crippen molar-refractivity contribution in [2.75, 3.05) is 7.11 Å². The molecule has 0 aromatic rings. The van der Waals surface area contributed by atoms with Crippen LogP contribution in [-0.4, -0.2) is 25.6 Å². The van der Waals surface area contributed by atoms with Crippen LogP contribution in [0.1, 0.15) is 96.8 Å². The van der Waals surface area contributed by atoms with Crippen LogP contribution in [0.5, 0.6) is 0 Å². The lowest BCUT2D eigenvalue weighted by Gasteiger charge is -2.41. The molecule has 0 saturated heterocycles. The summed E-state index contributed by atoms with van der Waals surface area (Å²) in [6.45, 7) is 2.10. The van der Waals surface area contributed by atoms with Gasteiger partial charge in [-0.2, -0.15) is 0 Å². The topological polar surface area (TPSA) is 9.23 Å². The molecular formula is C28H45F3O. The molecule has 184 valence electrons. The molecule has 3 fully saturated rings. The van der Waals surface area contributed by atoms with Crippen LogP contribution in [0.2, 0.25) is 0 Å². The fraction of sp³-hybridized carbons (Fsp3) is 0.929. The Morgan fingerprint density at radius 3 is 2.12 bits per heavy atom. The third-order valence-corrected chi connectivity index (χ3v) is 9.83. The minimum Gasteiger partial charge on any atom is -0.381 e. The van der Waals surface area contributed by atoms with Crippen molar-refractivity contribution in [1.82, 2.24) is 0 Å². The number of hydrogen-bond donors (Lipinski definition) is 0. The molecule has 6 atom stereocenters. The van der Waals surface area contributed by atoms with E-state index in [2.05, 4.69) is 6.92 Å². The van der Waals surface area contributed by atoms with Crippen LogP contribution in [0.25, 0.3) is 0 Å². The molecule has 4 rings (SSSR count). The number of ether oxygens (including phenoxy) is 1. The molecule has 4 heteroatoms. The molecule has 0 aromatic carbocycles. The molecule has 0 N–H and O–H groups in total. The molecule has 0 heterocycles. The maximum Gasteiger partial charge on any atom is 0.134 e. The lowest BCUT2D eigenvalue weighted by atomic mass is 9.67. The molecule has 0 radical (unpaired) electrons. The summed E-state index contributed by atoms with van der Waals surface area (Å²) in [5.74, 6) is 1.91. The molecule has 4 aliphatic carbocycles. The van der Waals surface area contributed by atoms with Crippen molar-refractivity contribution in [3.05, 3.63) is 11.9 Å². The van der Waals surface area contributed by atoms with Gasteiger partial charge < -0.3 is 4.74 Å². The van der Waals surface area contributed by atoms with Crippen molar-refractivity contribution in [3.8, 4) is 0 Å². The molecule has 1 nitrogen and oxygen atoms in total. The average molecular weight is 455 g/mol. The van der Waals surface area contributed by atoms with Gasteiger partial charge in [-0.05, 0) is 112 Å². The van der Waals surface area contributed by atoms with E-state index < -0.39 is 12.3 Å². The predicted octanol–water partition coefficient (Wildman–Crippen LogP) is 8.38. The first kappa shape index (κ1) is 24.6. The molecule has 0 aliphatic heterocycles. The van der Waals surface area contributed by atoms with E-state index in [4.69, 9.17) is 4.74 Å². The van der Waals surface area contributed by atoms with E-state index in [1.807, 2.05) is 6.08 Å². The standard InChI is InChI=1S/C28H45F3O/c1-18-3-15-24(26(29)17-18)20-7-4-19(5-8-20)6-9-22-12-16-25(28(31)27(22)30)21-10-13-23(32-2)14-11-21/h17-25,27-28H,3-16H2,1-2H3/t18-,19?,20?,21?,22-,23?,24?,25?,27?,28+/m0/s1. The minimum atomic E-state index is -1.28. The molecule has 4 aliphatic rings. The number of rotatable bonds is 6. The van der Waals surface area contributed by atoms with E-state index in [9.17, 15) is 4.39 Å². The molecule has 3 saturated carbocycles. The number of halogens is 3. The van der Waals surface area contributed by atoms with E-state index in [1.165, 1.54) is 0 Å². The number of hydrogen-bond acceptors (Lipinski definition) is 1. The van der Waals surface area contributed by atoms with Gasteiger partial charge in [-0.1, -0.05) is 26.2 Å². The van der Waals surface area contributed by atoms with Crippen molar-refractivity contribution in [2.45, 2.75) is 115 Å². The van der Waals surface area contributed by atoms with E-state index in [-0.39, 0.29) is 23.6 Å². The van der Waals surface area contributed by atoms with E-state index in [1.54, 1.807) is 7.11 Å². The van der Waals surface area contributed by atoms with Gasteiger partial charge in [0.2, 0.25) is 0 Å². The largest absolute Gasteiger partial charge is 0.381 e. The predicted molar refractivity (Wildman–Crippen MR) is 125 cm³/mol. The molecular weight excluding hydrogens is 409 g/mol. The van der Waals surface area contributed by atoms with Gasteiger partial charge in [-0.25, -0.2) is 13.2 Å². The SMILES string of the molecule is COC1CCC(C2CC[C@H](CCC3CCC(C4CC[C@H](C)C=C4F)CC3)C(F)[C@@H]2F)CC1. The van der Waals surface area contributed by atoms with Gasteiger partial charge >= 0.3 is 0 Å². The highest BCUT2D eigenvalue weighted by Gasteiger charge is 2.44. The first-order valence-corrected chi connectivity index (χ1v) is 13.6. The van der Waals surface area contributed by atoms with Crippen LogP contribution in [0.15, 0.2) is 11.9 Å². The average Bonchev–Trinajstić information content (AvgIpc) is 2.81. The summed E-state index contributed by atoms with van der Waals surface area (Å²) < 4.78 is 50.0. The van der Waals surface area contributed by atoms with Crippen molar-refractivity contribution < 1.29 is 17.9 Å². The van der Waals surface area contributed by atoms with E-state index >= 15 is 8.78 Å². The van der Waals surface area contributed by atoms with Gasteiger partial charge in [0.15, 0.2) is 0 Å². The maximum atomic E-state index is 15.1. The third kappa shape index (κ3) is 5.76. The molecule has 0 bridgehead atoms. The normalized spacial score (nSPS) is 46.0. The van der Waals surface area contributed by atoms with Crippen molar-refractivity contribution in [1.29, 1.82) is 0 Å². The van der Waals surface area contributed by atoms with Crippen LogP contribution < -0.4 is 0 Å². The Hall–Kier alpha value is -0.510. The quantitative estimate of drug-likeness (QED) is 0.391. The third-order valence-electron chi connectivity index (χ3n) is 9.83. The Labute approximate surface area is 193 Å². The molecule has 0 amide bonds. The second-order valence-electron chi connectivity index (χ2n) is 11.7. The first-order chi connectivity index (χ1) is 15.5. The van der Waals surface area contributed by atoms with Gasteiger partial charge in [0, 0.05) is 13.0 Å². The highest BCUT2D eigenvalue weighted by Crippen LogP contribution is 2.46. The smallest absolute Gasteiger partial charge is 0.134 e. The number of methoxy groups -OCH3 is 1. The summed E-state index contributed by atoms with van der Waals surface area (Å²) in [7, 11) is 1.75. The van der Waals surface area contributed by atoms with Crippen molar-refractivity contribution >= 4 is 0 Å². The van der Waals surface area contributed by atoms with Crippen molar-refractivity contribution in [2.24, 2.45) is 41.4 Å². The monoisotopic (exact) mass is 454 g/mol. The Bertz CT molecular complexity index is 606. The summed E-state index contributed by atoms with van der Waals surface area (Å²) in [5.41, 5.74) is 0. The summed E-state index contributed by atoms with van der Waals surface area (Å²) in [6, 6.07) is 0. The van der Waals surface area contributed by atoms with Crippen LogP contribution in [0, 0.1) is 41.4 Å². The summed E-state index contributed by atoms with van der Waals surface area (Å²) in [5, 5.41) is 0. The molecule has 0 spiro atoms. The summed E-state index contributed by atoms with van der Waals surface area (Å²) in [4.78, 5) is 0. The van der Waals surface area contributed by atoms with E-state index in [0.29, 0.717) is 29.8 Å². The molecule has 3 unspecified atom stereocenters. The minimum absolute atomic E-state index is 0.0874. The van der Waals surface area contributed by atoms with Crippen LogP contribution in [0.3, 0.4) is 0 Å². The second-order valence-corrected chi connectivity index (χ2v) is 11.7. The molecule has 0 aromatic heterocycles. The zero-order chi connectivity index (χ0) is 22.7.